The van der Waals surface area contributed by atoms with Gasteiger partial charge in [0.2, 0.25) is 12.3 Å². The van der Waals surface area contributed by atoms with E-state index in [1.54, 1.807) is 47.1 Å². The molecule has 1 N–H and O–H groups in total. The molecule has 0 aliphatic carbocycles. The Balaban J connectivity index is 1.35. The highest BCUT2D eigenvalue weighted by Crippen LogP contribution is 2.21. The zero-order chi connectivity index (χ0) is 21.1. The average Bonchev–Trinajstić information content (AvgIpc) is 3.30. The smallest absolute Gasteiger partial charge is 0.321 e. The molecule has 9 heteroatoms. The molecule has 0 bridgehead atoms. The lowest BCUT2D eigenvalue weighted by Gasteiger charge is -2.34. The average molecular weight is 409 g/mol. The van der Waals surface area contributed by atoms with E-state index in [1.807, 2.05) is 6.07 Å². The Bertz CT molecular complexity index is 1060. The summed E-state index contributed by atoms with van der Waals surface area (Å²) < 4.78 is 18.9. The molecule has 2 heterocycles. The van der Waals surface area contributed by atoms with Gasteiger partial charge in [-0.05, 0) is 42.8 Å². The number of anilines is 1. The van der Waals surface area contributed by atoms with Crippen LogP contribution in [0.2, 0.25) is 0 Å². The summed E-state index contributed by atoms with van der Waals surface area (Å²) in [4.78, 5) is 28.5. The number of carbonyl (C=O) groups is 2. The van der Waals surface area contributed by atoms with Crippen molar-refractivity contribution < 1.29 is 18.4 Å². The van der Waals surface area contributed by atoms with Crippen molar-refractivity contribution in [3.8, 4) is 11.5 Å². The number of nitrogens with one attached hydrogen (secondary N) is 1. The molecular weight excluding hydrogens is 389 g/mol. The van der Waals surface area contributed by atoms with Gasteiger partial charge in [0.1, 0.15) is 5.82 Å². The van der Waals surface area contributed by atoms with Crippen molar-refractivity contribution >= 4 is 17.6 Å². The third kappa shape index (κ3) is 4.14. The van der Waals surface area contributed by atoms with Gasteiger partial charge in [0.25, 0.3) is 5.91 Å². The molecule has 8 nitrogen and oxygen atoms in total. The number of aryl methyl sites for hydroxylation is 1. The number of hydrogen-bond acceptors (Lipinski definition) is 5. The number of piperazine rings is 1. The van der Waals surface area contributed by atoms with Crippen LogP contribution in [0, 0.1) is 12.7 Å². The first-order valence-electron chi connectivity index (χ1n) is 9.49. The molecule has 0 saturated carbocycles. The molecule has 0 unspecified atom stereocenters. The predicted molar refractivity (Wildman–Crippen MR) is 107 cm³/mol. The minimum atomic E-state index is -0.401. The van der Waals surface area contributed by atoms with Crippen molar-refractivity contribution in [1.82, 2.24) is 20.0 Å². The number of rotatable bonds is 3. The van der Waals surface area contributed by atoms with Gasteiger partial charge in [-0.25, -0.2) is 9.18 Å². The molecule has 1 aromatic heterocycles. The number of carbonyl (C=O) groups excluding carboxylic acids is 2. The van der Waals surface area contributed by atoms with Crippen molar-refractivity contribution in [3.05, 3.63) is 65.8 Å². The molecule has 3 amide bonds. The van der Waals surface area contributed by atoms with Crippen LogP contribution < -0.4 is 5.32 Å². The van der Waals surface area contributed by atoms with Crippen molar-refractivity contribution in [1.29, 1.82) is 0 Å². The van der Waals surface area contributed by atoms with Gasteiger partial charge >= 0.3 is 6.03 Å². The van der Waals surface area contributed by atoms with Crippen LogP contribution in [-0.2, 0) is 0 Å². The Labute approximate surface area is 172 Å². The van der Waals surface area contributed by atoms with E-state index in [2.05, 4.69) is 15.5 Å². The fourth-order valence-corrected chi connectivity index (χ4v) is 3.25. The number of aromatic nitrogens is 2. The predicted octanol–water partition coefficient (Wildman–Crippen LogP) is 3.17. The summed E-state index contributed by atoms with van der Waals surface area (Å²) in [6, 6.07) is 11.3. The van der Waals surface area contributed by atoms with E-state index in [-0.39, 0.29) is 11.9 Å². The van der Waals surface area contributed by atoms with Crippen LogP contribution >= 0.6 is 0 Å². The maximum absolute atomic E-state index is 13.8. The summed E-state index contributed by atoms with van der Waals surface area (Å²) in [6.07, 6.45) is 1.24. The van der Waals surface area contributed by atoms with E-state index in [0.717, 1.165) is 0 Å². The van der Waals surface area contributed by atoms with Crippen LogP contribution in [0.3, 0.4) is 0 Å². The highest BCUT2D eigenvalue weighted by Gasteiger charge is 2.25. The fourth-order valence-electron chi connectivity index (χ4n) is 3.25. The van der Waals surface area contributed by atoms with Crippen LogP contribution in [0.1, 0.15) is 15.9 Å². The molecule has 0 atom stereocenters. The number of amides is 3. The standard InChI is InChI=1S/C21H20FN5O3/c1-14-5-6-16(12-18(14)22)20(28)26-7-9-27(10-8-26)21(29)24-17-4-2-3-15(11-17)19-25-23-13-30-19/h2-6,11-13H,7-10H2,1H3,(H,24,29). The molecule has 2 aromatic carbocycles. The second-order valence-corrected chi connectivity index (χ2v) is 7.00. The number of nitrogens with zero attached hydrogens (tertiary/aromatic N) is 4. The molecule has 3 aromatic rings. The molecule has 1 aliphatic rings. The van der Waals surface area contributed by atoms with Gasteiger partial charge in [0.05, 0.1) is 0 Å². The third-order valence-corrected chi connectivity index (χ3v) is 4.99. The van der Waals surface area contributed by atoms with E-state index in [1.165, 1.54) is 12.5 Å². The molecule has 4 rings (SSSR count). The van der Waals surface area contributed by atoms with Gasteiger partial charge in [-0.1, -0.05) is 12.1 Å². The molecule has 0 spiro atoms. The van der Waals surface area contributed by atoms with Gasteiger partial charge < -0.3 is 19.5 Å². The third-order valence-electron chi connectivity index (χ3n) is 4.99. The second kappa shape index (κ2) is 8.32. The molecule has 30 heavy (non-hydrogen) atoms. The Morgan fingerprint density at radius 3 is 2.53 bits per heavy atom. The maximum atomic E-state index is 13.8. The van der Waals surface area contributed by atoms with Gasteiger partial charge in [-0.3, -0.25) is 4.79 Å². The molecule has 1 saturated heterocycles. The van der Waals surface area contributed by atoms with Crippen LogP contribution in [0.15, 0.2) is 53.3 Å². The van der Waals surface area contributed by atoms with Gasteiger partial charge in [-0.2, -0.15) is 0 Å². The quantitative estimate of drug-likeness (QED) is 0.717. The van der Waals surface area contributed by atoms with Gasteiger partial charge in [-0.15, -0.1) is 10.2 Å². The summed E-state index contributed by atoms with van der Waals surface area (Å²) in [5, 5.41) is 10.4. The molecular formula is C21H20FN5O3. The first-order chi connectivity index (χ1) is 14.5. The summed E-state index contributed by atoms with van der Waals surface area (Å²) in [6.45, 7) is 3.18. The molecule has 154 valence electrons. The number of benzene rings is 2. The number of hydrogen-bond donors (Lipinski definition) is 1. The van der Waals surface area contributed by atoms with Crippen LogP contribution in [0.5, 0.6) is 0 Å². The zero-order valence-corrected chi connectivity index (χ0v) is 16.3. The van der Waals surface area contributed by atoms with E-state index >= 15 is 0 Å². The molecule has 1 aliphatic heterocycles. The van der Waals surface area contributed by atoms with Crippen LogP contribution in [0.4, 0.5) is 14.9 Å². The van der Waals surface area contributed by atoms with Crippen LogP contribution in [-0.4, -0.2) is 58.1 Å². The zero-order valence-electron chi connectivity index (χ0n) is 16.3. The Hall–Kier alpha value is -3.75. The lowest BCUT2D eigenvalue weighted by atomic mass is 10.1. The van der Waals surface area contributed by atoms with Crippen molar-refractivity contribution in [2.45, 2.75) is 6.92 Å². The summed E-state index contributed by atoms with van der Waals surface area (Å²) >= 11 is 0. The van der Waals surface area contributed by atoms with Crippen molar-refractivity contribution in [2.75, 3.05) is 31.5 Å². The van der Waals surface area contributed by atoms with Gasteiger partial charge in [0.15, 0.2) is 0 Å². The lowest BCUT2D eigenvalue weighted by molar-refractivity contribution is 0.0671. The minimum absolute atomic E-state index is 0.235. The number of halogens is 1. The SMILES string of the molecule is Cc1ccc(C(=O)N2CCN(C(=O)Nc3cccc(-c4nnco4)c3)CC2)cc1F. The van der Waals surface area contributed by atoms with E-state index in [0.29, 0.717) is 54.4 Å². The summed E-state index contributed by atoms with van der Waals surface area (Å²) in [5.41, 5.74) is 2.11. The highest BCUT2D eigenvalue weighted by molar-refractivity contribution is 5.95. The Kier molecular flexibility index (Phi) is 5.42. The topological polar surface area (TPSA) is 91.6 Å². The lowest BCUT2D eigenvalue weighted by Crippen LogP contribution is -2.51. The maximum Gasteiger partial charge on any atom is 0.321 e. The van der Waals surface area contributed by atoms with Gasteiger partial charge in [0, 0.05) is 43.0 Å². The Morgan fingerprint density at radius 2 is 1.83 bits per heavy atom. The van der Waals surface area contributed by atoms with Crippen LogP contribution in [0.25, 0.3) is 11.5 Å². The Morgan fingerprint density at radius 1 is 1.07 bits per heavy atom. The molecule has 1 fully saturated rings. The first kappa shape index (κ1) is 19.6. The van der Waals surface area contributed by atoms with E-state index in [9.17, 15) is 14.0 Å². The highest BCUT2D eigenvalue weighted by atomic mass is 19.1. The largest absolute Gasteiger partial charge is 0.423 e. The number of urea groups is 1. The summed E-state index contributed by atoms with van der Waals surface area (Å²) in [7, 11) is 0. The van der Waals surface area contributed by atoms with Crippen molar-refractivity contribution in [2.24, 2.45) is 0 Å². The fraction of sp³-hybridized carbons (Fsp3) is 0.238. The monoisotopic (exact) mass is 409 g/mol. The second-order valence-electron chi connectivity index (χ2n) is 7.00. The van der Waals surface area contributed by atoms with Crippen molar-refractivity contribution in [3.63, 3.8) is 0 Å². The van der Waals surface area contributed by atoms with E-state index in [4.69, 9.17) is 4.42 Å². The van der Waals surface area contributed by atoms with E-state index < -0.39 is 5.82 Å². The molecule has 0 radical (unpaired) electrons. The minimum Gasteiger partial charge on any atom is -0.423 e. The summed E-state index contributed by atoms with van der Waals surface area (Å²) in [5.74, 6) is -0.270. The normalized spacial score (nSPS) is 13.9. The first-order valence-corrected chi connectivity index (χ1v) is 9.49.